The number of methoxy groups -OCH3 is 1. The molecule has 1 aliphatic heterocycles. The first-order valence-corrected chi connectivity index (χ1v) is 7.86. The van der Waals surface area contributed by atoms with Crippen LogP contribution < -0.4 is 15.2 Å². The lowest BCUT2D eigenvalue weighted by atomic mass is 9.74. The van der Waals surface area contributed by atoms with Gasteiger partial charge in [-0.1, -0.05) is 6.07 Å². The van der Waals surface area contributed by atoms with Crippen molar-refractivity contribution in [1.82, 2.24) is 0 Å². The maximum atomic E-state index is 6.28. The van der Waals surface area contributed by atoms with Crippen molar-refractivity contribution < 1.29 is 14.2 Å². The van der Waals surface area contributed by atoms with Crippen molar-refractivity contribution in [3.63, 3.8) is 0 Å². The van der Waals surface area contributed by atoms with Crippen LogP contribution in [0.25, 0.3) is 0 Å². The van der Waals surface area contributed by atoms with Crippen LogP contribution in [0.1, 0.15) is 50.6 Å². The molecule has 1 aliphatic carbocycles. The molecule has 2 fully saturated rings. The third kappa shape index (κ3) is 3.01. The van der Waals surface area contributed by atoms with Crippen LogP contribution in [0.5, 0.6) is 11.5 Å². The van der Waals surface area contributed by atoms with Gasteiger partial charge in [0.2, 0.25) is 0 Å². The van der Waals surface area contributed by atoms with Crippen LogP contribution in [-0.4, -0.2) is 25.4 Å². The SMILES string of the molecule is COc1ccc([C@@H](C)N)c(OC2CCOC3(CCC3)C2)c1. The molecule has 0 radical (unpaired) electrons. The molecule has 116 valence electrons. The van der Waals surface area contributed by atoms with E-state index < -0.39 is 0 Å². The van der Waals surface area contributed by atoms with E-state index in [9.17, 15) is 0 Å². The highest BCUT2D eigenvalue weighted by Crippen LogP contribution is 2.43. The molecule has 1 saturated carbocycles. The van der Waals surface area contributed by atoms with Gasteiger partial charge < -0.3 is 19.9 Å². The number of hydrogen-bond acceptors (Lipinski definition) is 4. The van der Waals surface area contributed by atoms with Gasteiger partial charge in [-0.15, -0.1) is 0 Å². The molecule has 0 amide bonds. The molecule has 4 heteroatoms. The molecular weight excluding hydrogens is 266 g/mol. The van der Waals surface area contributed by atoms with E-state index in [2.05, 4.69) is 0 Å². The molecule has 21 heavy (non-hydrogen) atoms. The fourth-order valence-corrected chi connectivity index (χ4v) is 3.30. The predicted molar refractivity (Wildman–Crippen MR) is 81.8 cm³/mol. The molecule has 2 N–H and O–H groups in total. The average molecular weight is 291 g/mol. The minimum absolute atomic E-state index is 0.0524. The minimum atomic E-state index is -0.0524. The van der Waals surface area contributed by atoms with E-state index in [0.29, 0.717) is 0 Å². The standard InChI is InChI=1S/C17H25NO3/c1-12(18)15-5-4-13(19-2)10-16(15)21-14-6-9-20-17(11-14)7-3-8-17/h4-5,10,12,14H,3,6-9,11,18H2,1-2H3/t12-,14?/m1/s1. The first-order chi connectivity index (χ1) is 10.1. The minimum Gasteiger partial charge on any atom is -0.497 e. The van der Waals surface area contributed by atoms with E-state index in [1.807, 2.05) is 25.1 Å². The summed E-state index contributed by atoms with van der Waals surface area (Å²) < 4.78 is 17.6. The number of benzene rings is 1. The largest absolute Gasteiger partial charge is 0.497 e. The molecule has 1 spiro atoms. The van der Waals surface area contributed by atoms with Gasteiger partial charge in [0.1, 0.15) is 17.6 Å². The Morgan fingerprint density at radius 3 is 2.81 bits per heavy atom. The van der Waals surface area contributed by atoms with Gasteiger partial charge in [0.15, 0.2) is 0 Å². The second-order valence-electron chi connectivity index (χ2n) is 6.31. The van der Waals surface area contributed by atoms with Gasteiger partial charge in [-0.2, -0.15) is 0 Å². The fourth-order valence-electron chi connectivity index (χ4n) is 3.30. The zero-order valence-electron chi connectivity index (χ0n) is 12.9. The molecule has 2 aliphatic rings. The topological polar surface area (TPSA) is 53.7 Å². The van der Waals surface area contributed by atoms with Gasteiger partial charge in [0, 0.05) is 30.5 Å². The van der Waals surface area contributed by atoms with E-state index in [4.69, 9.17) is 19.9 Å². The van der Waals surface area contributed by atoms with Crippen molar-refractivity contribution in [3.05, 3.63) is 23.8 Å². The van der Waals surface area contributed by atoms with E-state index in [1.165, 1.54) is 19.3 Å². The van der Waals surface area contributed by atoms with Crippen molar-refractivity contribution in [3.8, 4) is 11.5 Å². The highest BCUT2D eigenvalue weighted by Gasteiger charge is 2.43. The fraction of sp³-hybridized carbons (Fsp3) is 0.647. The molecular formula is C17H25NO3. The van der Waals surface area contributed by atoms with Gasteiger partial charge >= 0.3 is 0 Å². The summed E-state index contributed by atoms with van der Waals surface area (Å²) in [5.74, 6) is 1.66. The molecule has 1 aromatic carbocycles. The number of nitrogens with two attached hydrogens (primary N) is 1. The lowest BCUT2D eigenvalue weighted by molar-refractivity contribution is -0.153. The second-order valence-corrected chi connectivity index (χ2v) is 6.31. The first-order valence-electron chi connectivity index (χ1n) is 7.86. The quantitative estimate of drug-likeness (QED) is 0.925. The molecule has 4 nitrogen and oxygen atoms in total. The number of rotatable bonds is 4. The van der Waals surface area contributed by atoms with Crippen LogP contribution in [0.3, 0.4) is 0 Å². The maximum absolute atomic E-state index is 6.28. The highest BCUT2D eigenvalue weighted by molar-refractivity contribution is 5.42. The van der Waals surface area contributed by atoms with E-state index in [-0.39, 0.29) is 17.7 Å². The third-order valence-corrected chi connectivity index (χ3v) is 4.72. The summed E-state index contributed by atoms with van der Waals surface area (Å²) in [5, 5.41) is 0. The van der Waals surface area contributed by atoms with E-state index >= 15 is 0 Å². The summed E-state index contributed by atoms with van der Waals surface area (Å²) in [6, 6.07) is 5.82. The van der Waals surface area contributed by atoms with Gasteiger partial charge in [-0.05, 0) is 32.3 Å². The monoisotopic (exact) mass is 291 g/mol. The van der Waals surface area contributed by atoms with Crippen LogP contribution in [0, 0.1) is 0 Å². The maximum Gasteiger partial charge on any atom is 0.128 e. The zero-order valence-corrected chi connectivity index (χ0v) is 12.9. The second kappa shape index (κ2) is 5.85. The predicted octanol–water partition coefficient (Wildman–Crippen LogP) is 3.20. The lowest BCUT2D eigenvalue weighted by Gasteiger charge is -2.47. The van der Waals surface area contributed by atoms with E-state index in [0.717, 1.165) is 36.5 Å². The molecule has 0 bridgehead atoms. The Morgan fingerprint density at radius 1 is 1.38 bits per heavy atom. The Labute approximate surface area is 126 Å². The van der Waals surface area contributed by atoms with E-state index in [1.54, 1.807) is 7.11 Å². The van der Waals surface area contributed by atoms with Crippen LogP contribution in [0.2, 0.25) is 0 Å². The third-order valence-electron chi connectivity index (χ3n) is 4.72. The Morgan fingerprint density at radius 2 is 2.19 bits per heavy atom. The molecule has 1 saturated heterocycles. The summed E-state index contributed by atoms with van der Waals surface area (Å²) in [6.45, 7) is 2.77. The first kappa shape index (κ1) is 14.7. The Kier molecular flexibility index (Phi) is 4.09. The Bertz CT molecular complexity index is 497. The van der Waals surface area contributed by atoms with Gasteiger partial charge in [-0.25, -0.2) is 0 Å². The van der Waals surface area contributed by atoms with Crippen LogP contribution in [0.15, 0.2) is 18.2 Å². The Balaban J connectivity index is 1.76. The summed E-state index contributed by atoms with van der Waals surface area (Å²) in [7, 11) is 1.67. The van der Waals surface area contributed by atoms with Crippen LogP contribution in [-0.2, 0) is 4.74 Å². The number of hydrogen-bond donors (Lipinski definition) is 1. The molecule has 3 rings (SSSR count). The van der Waals surface area contributed by atoms with Crippen LogP contribution >= 0.6 is 0 Å². The summed E-state index contributed by atoms with van der Waals surface area (Å²) in [5.41, 5.74) is 7.18. The zero-order chi connectivity index (χ0) is 14.9. The van der Waals surface area contributed by atoms with Gasteiger partial charge in [0.25, 0.3) is 0 Å². The molecule has 1 heterocycles. The lowest BCUT2D eigenvalue weighted by Crippen LogP contribution is -2.48. The molecule has 1 unspecified atom stereocenters. The highest BCUT2D eigenvalue weighted by atomic mass is 16.5. The summed E-state index contributed by atoms with van der Waals surface area (Å²) in [4.78, 5) is 0. The molecule has 0 aromatic heterocycles. The van der Waals surface area contributed by atoms with Gasteiger partial charge in [0.05, 0.1) is 19.3 Å². The average Bonchev–Trinajstić information content (AvgIpc) is 2.45. The smallest absolute Gasteiger partial charge is 0.128 e. The molecule has 1 aromatic rings. The van der Waals surface area contributed by atoms with Crippen molar-refractivity contribution in [2.45, 2.75) is 56.8 Å². The number of ether oxygens (including phenoxy) is 3. The Hall–Kier alpha value is -1.26. The summed E-state index contributed by atoms with van der Waals surface area (Å²) >= 11 is 0. The van der Waals surface area contributed by atoms with Crippen molar-refractivity contribution >= 4 is 0 Å². The summed E-state index contributed by atoms with van der Waals surface area (Å²) in [6.07, 6.45) is 5.76. The van der Waals surface area contributed by atoms with Crippen molar-refractivity contribution in [2.24, 2.45) is 5.73 Å². The van der Waals surface area contributed by atoms with Crippen LogP contribution in [0.4, 0.5) is 0 Å². The van der Waals surface area contributed by atoms with Gasteiger partial charge in [-0.3, -0.25) is 0 Å². The normalized spacial score (nSPS) is 25.2. The van der Waals surface area contributed by atoms with Crippen molar-refractivity contribution in [2.75, 3.05) is 13.7 Å². The molecule has 2 atom stereocenters. The van der Waals surface area contributed by atoms with Crippen molar-refractivity contribution in [1.29, 1.82) is 0 Å².